The maximum Gasteiger partial charge on any atom is 0.140 e. The van der Waals surface area contributed by atoms with Gasteiger partial charge in [0, 0.05) is 56.4 Å². The van der Waals surface area contributed by atoms with Crippen LogP contribution in [0.4, 0.5) is 17.2 Å². The van der Waals surface area contributed by atoms with E-state index >= 15 is 0 Å². The van der Waals surface area contributed by atoms with Gasteiger partial charge in [-0.2, -0.15) is 0 Å². The maximum absolute atomic E-state index is 9.35. The smallest absolute Gasteiger partial charge is 0.140 e. The number of benzene rings is 2. The lowest BCUT2D eigenvalue weighted by Gasteiger charge is -2.34. The summed E-state index contributed by atoms with van der Waals surface area (Å²) in [4.78, 5) is 14.6. The normalized spacial score (nSPS) is 17.0. The molecule has 2 fully saturated rings. The third-order valence-electron chi connectivity index (χ3n) is 6.96. The summed E-state index contributed by atoms with van der Waals surface area (Å²) in [6, 6.07) is 15.1. The molecule has 2 heterocycles. The molecule has 6 heteroatoms. The van der Waals surface area contributed by atoms with E-state index < -0.39 is 0 Å². The summed E-state index contributed by atoms with van der Waals surface area (Å²) in [7, 11) is 4.02. The number of aliphatic hydroxyl groups excluding tert-OH is 1. The van der Waals surface area contributed by atoms with Gasteiger partial charge in [-0.05, 0) is 61.4 Å². The standard InChI is InChI=1S/C26H33N5O/c1-27-23-6-4-3-5-21(23)18-11-13-31(14-12-18)26-22-17-20(30(2)15-16-32)9-10-24(22)28-25(29-26)19-7-8-19/h3-6,9-10,17-19,27,32H,7-8,11-16H2,1-2H3. The Morgan fingerprint density at radius 2 is 1.81 bits per heavy atom. The number of hydrogen-bond donors (Lipinski definition) is 2. The van der Waals surface area contributed by atoms with E-state index in [0.717, 1.165) is 54.2 Å². The minimum Gasteiger partial charge on any atom is -0.395 e. The van der Waals surface area contributed by atoms with E-state index in [1.807, 2.05) is 14.1 Å². The van der Waals surface area contributed by atoms with Crippen molar-refractivity contribution in [2.75, 3.05) is 55.5 Å². The first kappa shape index (κ1) is 21.0. The zero-order valence-corrected chi connectivity index (χ0v) is 19.1. The molecule has 6 nitrogen and oxygen atoms in total. The maximum atomic E-state index is 9.35. The monoisotopic (exact) mass is 431 g/mol. The third kappa shape index (κ3) is 4.11. The molecule has 0 amide bonds. The first-order valence-electron chi connectivity index (χ1n) is 11.8. The molecule has 3 aromatic rings. The lowest BCUT2D eigenvalue weighted by atomic mass is 9.88. The molecule has 2 aromatic carbocycles. The van der Waals surface area contributed by atoms with Gasteiger partial charge in [-0.3, -0.25) is 0 Å². The van der Waals surface area contributed by atoms with Gasteiger partial charge in [0.25, 0.3) is 0 Å². The minimum absolute atomic E-state index is 0.139. The Bertz CT molecular complexity index is 1090. The van der Waals surface area contributed by atoms with E-state index in [-0.39, 0.29) is 6.61 Å². The summed E-state index contributed by atoms with van der Waals surface area (Å²) in [5, 5.41) is 13.8. The van der Waals surface area contributed by atoms with E-state index in [9.17, 15) is 5.11 Å². The van der Waals surface area contributed by atoms with Crippen LogP contribution in [0, 0.1) is 0 Å². The van der Waals surface area contributed by atoms with E-state index in [4.69, 9.17) is 9.97 Å². The fourth-order valence-electron chi connectivity index (χ4n) is 4.88. The highest BCUT2D eigenvalue weighted by Gasteiger charge is 2.30. The van der Waals surface area contributed by atoms with Crippen LogP contribution >= 0.6 is 0 Å². The van der Waals surface area contributed by atoms with E-state index in [1.165, 1.54) is 24.1 Å². The fourth-order valence-corrected chi connectivity index (χ4v) is 4.88. The van der Waals surface area contributed by atoms with Gasteiger partial charge in [0.15, 0.2) is 0 Å². The van der Waals surface area contributed by atoms with E-state index in [1.54, 1.807) is 0 Å². The van der Waals surface area contributed by atoms with Crippen molar-refractivity contribution in [3.05, 3.63) is 53.9 Å². The van der Waals surface area contributed by atoms with Gasteiger partial charge < -0.3 is 20.2 Å². The number of aliphatic hydroxyl groups is 1. The summed E-state index contributed by atoms with van der Waals surface area (Å²) in [6.45, 7) is 2.74. The average molecular weight is 432 g/mol. The molecular weight excluding hydrogens is 398 g/mol. The topological polar surface area (TPSA) is 64.5 Å². The van der Waals surface area contributed by atoms with Gasteiger partial charge in [0.1, 0.15) is 11.6 Å². The summed E-state index contributed by atoms with van der Waals surface area (Å²) in [5.41, 5.74) is 4.79. The highest BCUT2D eigenvalue weighted by molar-refractivity contribution is 5.92. The van der Waals surface area contributed by atoms with Crippen molar-refractivity contribution in [3.63, 3.8) is 0 Å². The zero-order chi connectivity index (χ0) is 22.1. The molecule has 0 unspecified atom stereocenters. The van der Waals surface area contributed by atoms with Crippen molar-refractivity contribution in [3.8, 4) is 0 Å². The number of aromatic nitrogens is 2. The van der Waals surface area contributed by atoms with Gasteiger partial charge >= 0.3 is 0 Å². The van der Waals surface area contributed by atoms with Gasteiger partial charge in [-0.1, -0.05) is 18.2 Å². The summed E-state index contributed by atoms with van der Waals surface area (Å²) < 4.78 is 0. The van der Waals surface area contributed by atoms with Crippen LogP contribution in [0.2, 0.25) is 0 Å². The Labute approximate surface area is 190 Å². The molecular formula is C26H33N5O. The molecule has 1 aromatic heterocycles. The number of likely N-dealkylation sites (N-methyl/N-ethyl adjacent to an activating group) is 1. The molecule has 5 rings (SSSR count). The Morgan fingerprint density at radius 3 is 2.53 bits per heavy atom. The van der Waals surface area contributed by atoms with Gasteiger partial charge in [-0.25, -0.2) is 9.97 Å². The number of hydrogen-bond acceptors (Lipinski definition) is 6. The van der Waals surface area contributed by atoms with E-state index in [0.29, 0.717) is 18.4 Å². The molecule has 1 saturated heterocycles. The number of rotatable bonds is 7. The Morgan fingerprint density at radius 1 is 1.03 bits per heavy atom. The number of nitrogens with zero attached hydrogens (tertiary/aromatic N) is 4. The minimum atomic E-state index is 0.139. The highest BCUT2D eigenvalue weighted by atomic mass is 16.3. The molecule has 168 valence electrons. The summed E-state index contributed by atoms with van der Waals surface area (Å²) in [5.74, 6) is 3.18. The molecule has 1 saturated carbocycles. The summed E-state index contributed by atoms with van der Waals surface area (Å²) in [6.07, 6.45) is 4.64. The van der Waals surface area contributed by atoms with Crippen LogP contribution < -0.4 is 15.1 Å². The van der Waals surface area contributed by atoms with Crippen molar-refractivity contribution in [2.24, 2.45) is 0 Å². The van der Waals surface area contributed by atoms with Crippen LogP contribution in [0.5, 0.6) is 0 Å². The second kappa shape index (κ2) is 8.94. The van der Waals surface area contributed by atoms with Crippen molar-refractivity contribution >= 4 is 28.1 Å². The van der Waals surface area contributed by atoms with Gasteiger partial charge in [0.2, 0.25) is 0 Å². The first-order chi connectivity index (χ1) is 15.7. The lowest BCUT2D eigenvalue weighted by molar-refractivity contribution is 0.304. The Kier molecular flexibility index (Phi) is 5.87. The molecule has 1 aliphatic carbocycles. The SMILES string of the molecule is CNc1ccccc1C1CCN(c2nc(C3CC3)nc3ccc(N(C)CCO)cc23)CC1. The molecule has 0 spiro atoms. The number of nitrogens with one attached hydrogen (secondary N) is 1. The van der Waals surface area contributed by atoms with Crippen LogP contribution in [-0.4, -0.2) is 55.4 Å². The summed E-state index contributed by atoms with van der Waals surface area (Å²) >= 11 is 0. The molecule has 32 heavy (non-hydrogen) atoms. The molecule has 0 bridgehead atoms. The number of piperidine rings is 1. The van der Waals surface area contributed by atoms with Crippen molar-refractivity contribution in [2.45, 2.75) is 37.5 Å². The van der Waals surface area contributed by atoms with Crippen LogP contribution in [0.15, 0.2) is 42.5 Å². The first-order valence-corrected chi connectivity index (χ1v) is 11.8. The quantitative estimate of drug-likeness (QED) is 0.579. The predicted molar refractivity (Wildman–Crippen MR) is 132 cm³/mol. The van der Waals surface area contributed by atoms with Crippen LogP contribution in [0.3, 0.4) is 0 Å². The fraction of sp³-hybridized carbons (Fsp3) is 0.462. The predicted octanol–water partition coefficient (Wildman–Crippen LogP) is 4.36. The van der Waals surface area contributed by atoms with Crippen molar-refractivity contribution in [1.29, 1.82) is 0 Å². The molecule has 0 atom stereocenters. The molecule has 2 N–H and O–H groups in total. The Balaban J connectivity index is 1.45. The van der Waals surface area contributed by atoms with Gasteiger partial charge in [-0.15, -0.1) is 0 Å². The average Bonchev–Trinajstić information content (AvgIpc) is 3.69. The third-order valence-corrected chi connectivity index (χ3v) is 6.96. The largest absolute Gasteiger partial charge is 0.395 e. The number of para-hydroxylation sites is 1. The van der Waals surface area contributed by atoms with Crippen molar-refractivity contribution < 1.29 is 5.11 Å². The molecule has 2 aliphatic rings. The Hall–Kier alpha value is -2.86. The van der Waals surface area contributed by atoms with Crippen LogP contribution in [-0.2, 0) is 0 Å². The van der Waals surface area contributed by atoms with E-state index in [2.05, 4.69) is 57.6 Å². The van der Waals surface area contributed by atoms with Crippen LogP contribution in [0.25, 0.3) is 10.9 Å². The second-order valence-corrected chi connectivity index (χ2v) is 9.12. The van der Waals surface area contributed by atoms with Crippen molar-refractivity contribution in [1.82, 2.24) is 9.97 Å². The lowest BCUT2D eigenvalue weighted by Crippen LogP contribution is -2.34. The number of anilines is 3. The molecule has 1 aliphatic heterocycles. The molecule has 0 radical (unpaired) electrons. The second-order valence-electron chi connectivity index (χ2n) is 9.12. The zero-order valence-electron chi connectivity index (χ0n) is 19.1. The number of fused-ring (bicyclic) bond motifs is 1. The van der Waals surface area contributed by atoms with Crippen LogP contribution in [0.1, 0.15) is 48.9 Å². The van der Waals surface area contributed by atoms with Gasteiger partial charge in [0.05, 0.1) is 12.1 Å². The highest BCUT2D eigenvalue weighted by Crippen LogP contribution is 2.41.